The molecule has 7 heteroatoms. The van der Waals surface area contributed by atoms with Crippen molar-refractivity contribution in [3.8, 4) is 0 Å². The van der Waals surface area contributed by atoms with Gasteiger partial charge in [0.15, 0.2) is 0 Å². The second-order valence-electron chi connectivity index (χ2n) is 6.72. The van der Waals surface area contributed by atoms with E-state index in [0.29, 0.717) is 15.9 Å². The summed E-state index contributed by atoms with van der Waals surface area (Å²) in [5.74, 6) is -0.0777. The SMILES string of the molecule is CCCN1CCC(Cn2cc(C(=O)OCC)c(=O)c3cc(Br)ncc32)C1. The second kappa shape index (κ2) is 8.31. The van der Waals surface area contributed by atoms with Crippen LogP contribution in [0.1, 0.15) is 37.0 Å². The molecule has 0 aromatic carbocycles. The standard InChI is InChI=1S/C19H24BrN3O3/c1-3-6-22-7-5-13(10-22)11-23-12-15(19(25)26-4-2)18(24)14-8-17(20)21-9-16(14)23/h8-9,12-13H,3-7,10-11H2,1-2H3. The summed E-state index contributed by atoms with van der Waals surface area (Å²) in [6.45, 7) is 8.18. The molecule has 0 aliphatic carbocycles. The fraction of sp³-hybridized carbons (Fsp3) is 0.526. The number of pyridine rings is 2. The van der Waals surface area contributed by atoms with Crippen LogP contribution in [0.5, 0.6) is 0 Å². The van der Waals surface area contributed by atoms with E-state index in [9.17, 15) is 9.59 Å². The maximum Gasteiger partial charge on any atom is 0.343 e. The molecule has 26 heavy (non-hydrogen) atoms. The van der Waals surface area contributed by atoms with Gasteiger partial charge in [-0.2, -0.15) is 0 Å². The molecule has 0 saturated carbocycles. The van der Waals surface area contributed by atoms with Gasteiger partial charge in [0, 0.05) is 19.3 Å². The minimum atomic E-state index is -0.569. The highest BCUT2D eigenvalue weighted by Crippen LogP contribution is 2.22. The number of carbonyl (C=O) groups is 1. The predicted molar refractivity (Wildman–Crippen MR) is 104 cm³/mol. The number of rotatable bonds is 6. The minimum Gasteiger partial charge on any atom is -0.462 e. The summed E-state index contributed by atoms with van der Waals surface area (Å²) in [5, 5.41) is 0.487. The van der Waals surface area contributed by atoms with Gasteiger partial charge in [-0.05, 0) is 60.8 Å². The quantitative estimate of drug-likeness (QED) is 0.529. The van der Waals surface area contributed by atoms with E-state index in [1.165, 1.54) is 0 Å². The molecule has 0 amide bonds. The number of fused-ring (bicyclic) bond motifs is 1. The van der Waals surface area contributed by atoms with Crippen molar-refractivity contribution in [3.05, 3.63) is 38.9 Å². The molecule has 3 heterocycles. The first-order chi connectivity index (χ1) is 12.5. The molecule has 0 radical (unpaired) electrons. The van der Waals surface area contributed by atoms with Crippen molar-refractivity contribution in [1.82, 2.24) is 14.5 Å². The Hall–Kier alpha value is -1.73. The molecule has 1 fully saturated rings. The van der Waals surface area contributed by atoms with E-state index in [1.807, 2.05) is 4.57 Å². The minimum absolute atomic E-state index is 0.0841. The van der Waals surface area contributed by atoms with E-state index >= 15 is 0 Å². The Kier molecular flexibility index (Phi) is 6.09. The Morgan fingerprint density at radius 2 is 2.23 bits per heavy atom. The molecular formula is C19H24BrN3O3. The van der Waals surface area contributed by atoms with Gasteiger partial charge in [0.25, 0.3) is 0 Å². The van der Waals surface area contributed by atoms with Crippen LogP contribution in [0.2, 0.25) is 0 Å². The van der Waals surface area contributed by atoms with Crippen LogP contribution in [-0.4, -0.2) is 46.7 Å². The highest BCUT2D eigenvalue weighted by atomic mass is 79.9. The third-order valence-corrected chi connectivity index (χ3v) is 5.23. The summed E-state index contributed by atoms with van der Waals surface area (Å²) in [6, 6.07) is 1.68. The van der Waals surface area contributed by atoms with E-state index in [4.69, 9.17) is 4.74 Å². The molecule has 0 N–H and O–H groups in total. The fourth-order valence-corrected chi connectivity index (χ4v) is 3.96. The van der Waals surface area contributed by atoms with Crippen molar-refractivity contribution in [1.29, 1.82) is 0 Å². The van der Waals surface area contributed by atoms with Gasteiger partial charge in [0.05, 0.1) is 23.7 Å². The molecule has 1 aliphatic heterocycles. The Labute approximate surface area is 161 Å². The molecule has 6 nitrogen and oxygen atoms in total. The predicted octanol–water partition coefficient (Wildman–Crippen LogP) is 3.07. The highest BCUT2D eigenvalue weighted by Gasteiger charge is 2.24. The van der Waals surface area contributed by atoms with Crippen LogP contribution in [0.25, 0.3) is 10.9 Å². The van der Waals surface area contributed by atoms with E-state index in [2.05, 4.69) is 32.7 Å². The van der Waals surface area contributed by atoms with Crippen molar-refractivity contribution in [2.45, 2.75) is 33.2 Å². The summed E-state index contributed by atoms with van der Waals surface area (Å²) in [4.78, 5) is 31.7. The number of hydrogen-bond acceptors (Lipinski definition) is 5. The zero-order valence-electron chi connectivity index (χ0n) is 15.2. The molecule has 1 aliphatic rings. The van der Waals surface area contributed by atoms with Gasteiger partial charge in [-0.3, -0.25) is 4.79 Å². The Balaban J connectivity index is 1.99. The summed E-state index contributed by atoms with van der Waals surface area (Å²) in [5.41, 5.74) is 0.526. The van der Waals surface area contributed by atoms with Gasteiger partial charge in [0.2, 0.25) is 5.43 Å². The molecule has 0 bridgehead atoms. The largest absolute Gasteiger partial charge is 0.462 e. The van der Waals surface area contributed by atoms with Crippen LogP contribution in [0, 0.1) is 5.92 Å². The topological polar surface area (TPSA) is 64.4 Å². The molecule has 0 spiro atoms. The first-order valence-electron chi connectivity index (χ1n) is 9.11. The number of esters is 1. The van der Waals surface area contributed by atoms with Crippen molar-refractivity contribution in [3.63, 3.8) is 0 Å². The lowest BCUT2D eigenvalue weighted by Crippen LogP contribution is -2.25. The second-order valence-corrected chi connectivity index (χ2v) is 7.54. The van der Waals surface area contributed by atoms with Crippen molar-refractivity contribution in [2.75, 3.05) is 26.2 Å². The zero-order valence-corrected chi connectivity index (χ0v) is 16.8. The number of carbonyl (C=O) groups excluding carboxylic acids is 1. The first-order valence-corrected chi connectivity index (χ1v) is 9.91. The van der Waals surface area contributed by atoms with Crippen LogP contribution in [-0.2, 0) is 11.3 Å². The number of nitrogens with zero attached hydrogens (tertiary/aromatic N) is 3. The van der Waals surface area contributed by atoms with Gasteiger partial charge in [-0.15, -0.1) is 0 Å². The maximum atomic E-state index is 12.8. The van der Waals surface area contributed by atoms with Crippen LogP contribution >= 0.6 is 15.9 Å². The smallest absolute Gasteiger partial charge is 0.343 e. The van der Waals surface area contributed by atoms with Crippen LogP contribution in [0.15, 0.2) is 27.9 Å². The molecular weight excluding hydrogens is 398 g/mol. The lowest BCUT2D eigenvalue weighted by atomic mass is 10.1. The summed E-state index contributed by atoms with van der Waals surface area (Å²) < 4.78 is 7.64. The maximum absolute atomic E-state index is 12.8. The van der Waals surface area contributed by atoms with E-state index in [1.54, 1.807) is 25.4 Å². The molecule has 1 saturated heterocycles. The van der Waals surface area contributed by atoms with Crippen molar-refractivity contribution < 1.29 is 9.53 Å². The monoisotopic (exact) mass is 421 g/mol. The molecule has 2 aromatic rings. The van der Waals surface area contributed by atoms with E-state index < -0.39 is 5.97 Å². The molecule has 3 rings (SSSR count). The van der Waals surface area contributed by atoms with Gasteiger partial charge in [0.1, 0.15) is 10.2 Å². The third kappa shape index (κ3) is 3.99. The molecule has 1 unspecified atom stereocenters. The van der Waals surface area contributed by atoms with E-state index in [0.717, 1.165) is 44.5 Å². The molecule has 140 valence electrons. The Morgan fingerprint density at radius 1 is 1.42 bits per heavy atom. The van der Waals surface area contributed by atoms with Gasteiger partial charge < -0.3 is 14.2 Å². The van der Waals surface area contributed by atoms with Gasteiger partial charge >= 0.3 is 5.97 Å². The number of ether oxygens (including phenoxy) is 1. The average Bonchev–Trinajstić information content (AvgIpc) is 3.05. The first kappa shape index (κ1) is 19.0. The highest BCUT2D eigenvalue weighted by molar-refractivity contribution is 9.10. The third-order valence-electron chi connectivity index (χ3n) is 4.79. The fourth-order valence-electron chi connectivity index (χ4n) is 3.63. The van der Waals surface area contributed by atoms with Crippen molar-refractivity contribution in [2.24, 2.45) is 5.92 Å². The average molecular weight is 422 g/mol. The van der Waals surface area contributed by atoms with Crippen LogP contribution < -0.4 is 5.43 Å². The zero-order chi connectivity index (χ0) is 18.7. The summed E-state index contributed by atoms with van der Waals surface area (Å²) >= 11 is 3.31. The van der Waals surface area contributed by atoms with Gasteiger partial charge in [-0.25, -0.2) is 9.78 Å². The summed E-state index contributed by atoms with van der Waals surface area (Å²) in [6.07, 6.45) is 5.60. The van der Waals surface area contributed by atoms with Crippen LogP contribution in [0.4, 0.5) is 0 Å². The number of hydrogen-bond donors (Lipinski definition) is 0. The summed E-state index contributed by atoms with van der Waals surface area (Å²) in [7, 11) is 0. The van der Waals surface area contributed by atoms with Crippen LogP contribution in [0.3, 0.4) is 0 Å². The Morgan fingerprint density at radius 3 is 2.96 bits per heavy atom. The molecule has 2 aromatic heterocycles. The Bertz CT molecular complexity index is 865. The number of aromatic nitrogens is 2. The van der Waals surface area contributed by atoms with Gasteiger partial charge in [-0.1, -0.05) is 6.92 Å². The lowest BCUT2D eigenvalue weighted by Gasteiger charge is -2.18. The van der Waals surface area contributed by atoms with Crippen molar-refractivity contribution >= 4 is 32.8 Å². The van der Waals surface area contributed by atoms with E-state index in [-0.39, 0.29) is 17.6 Å². The normalized spacial score (nSPS) is 17.7. The number of halogens is 1. The number of likely N-dealkylation sites (tertiary alicyclic amines) is 1. The lowest BCUT2D eigenvalue weighted by molar-refractivity contribution is 0.0524. The molecule has 1 atom stereocenters.